The topological polar surface area (TPSA) is 37.7 Å². The number of hydrogen-bond acceptors (Lipinski definition) is 4. The van der Waals surface area contributed by atoms with Crippen LogP contribution in [0.15, 0.2) is 109 Å². The fourth-order valence-corrected chi connectivity index (χ4v) is 7.76. The van der Waals surface area contributed by atoms with Gasteiger partial charge in [0.2, 0.25) is 5.91 Å². The zero-order chi connectivity index (χ0) is 35.1. The van der Waals surface area contributed by atoms with Crippen LogP contribution >= 0.6 is 23.4 Å². The van der Waals surface area contributed by atoms with Crippen molar-refractivity contribution in [3.8, 4) is 5.75 Å². The van der Waals surface area contributed by atoms with Crippen LogP contribution in [0.25, 0.3) is 10.9 Å². The summed E-state index contributed by atoms with van der Waals surface area (Å²) >= 11 is 8.29. The normalized spacial score (nSPS) is 14.4. The number of aromatic nitrogens is 1. The second-order valence-corrected chi connectivity index (χ2v) is 14.3. The van der Waals surface area contributed by atoms with E-state index < -0.39 is 11.7 Å². The van der Waals surface area contributed by atoms with Crippen molar-refractivity contribution in [1.29, 1.82) is 0 Å². The van der Waals surface area contributed by atoms with E-state index in [1.165, 1.54) is 6.07 Å². The first kappa shape index (κ1) is 35.9. The van der Waals surface area contributed by atoms with E-state index in [-0.39, 0.29) is 36.0 Å². The number of fused-ring (bicyclic) bond motifs is 1. The Morgan fingerprint density at radius 1 is 0.900 bits per heavy atom. The maximum absolute atomic E-state index is 13.8. The Morgan fingerprint density at radius 3 is 2.22 bits per heavy atom. The lowest BCUT2D eigenvalue weighted by atomic mass is 9.90. The molecule has 2 heterocycles. The molecule has 4 aromatic carbocycles. The predicted molar refractivity (Wildman–Crippen MR) is 197 cm³/mol. The van der Waals surface area contributed by atoms with Gasteiger partial charge >= 0.3 is 6.18 Å². The predicted octanol–water partition coefficient (Wildman–Crippen LogP) is 9.38. The van der Waals surface area contributed by atoms with Gasteiger partial charge in [0.25, 0.3) is 0 Å². The number of benzene rings is 4. The number of nitrogens with zero attached hydrogens (tertiary/aromatic N) is 3. The molecule has 1 fully saturated rings. The highest BCUT2D eigenvalue weighted by Crippen LogP contribution is 2.37. The molecule has 1 aliphatic heterocycles. The molecule has 6 rings (SSSR count). The van der Waals surface area contributed by atoms with E-state index in [0.29, 0.717) is 25.1 Å². The molecule has 0 aliphatic carbocycles. The number of thioether (sulfide) groups is 1. The third-order valence-corrected chi connectivity index (χ3v) is 10.6. The zero-order valence-electron chi connectivity index (χ0n) is 28.0. The number of halogens is 4. The maximum Gasteiger partial charge on any atom is 0.417 e. The maximum atomic E-state index is 13.8. The Balaban J connectivity index is 1.21. The monoisotopic (exact) mass is 719 g/mol. The molecule has 5 nitrogen and oxygen atoms in total. The van der Waals surface area contributed by atoms with Crippen molar-refractivity contribution in [3.05, 3.63) is 137 Å². The Labute approximate surface area is 301 Å². The minimum atomic E-state index is -4.54. The van der Waals surface area contributed by atoms with Gasteiger partial charge in [0.05, 0.1) is 22.2 Å². The zero-order valence-corrected chi connectivity index (χ0v) is 29.6. The van der Waals surface area contributed by atoms with E-state index in [1.54, 1.807) is 6.07 Å². The molecule has 5 aromatic rings. The molecule has 10 heteroatoms. The second kappa shape index (κ2) is 16.4. The van der Waals surface area contributed by atoms with Gasteiger partial charge in [-0.2, -0.15) is 24.9 Å². The van der Waals surface area contributed by atoms with Crippen LogP contribution in [0.1, 0.15) is 41.5 Å². The van der Waals surface area contributed by atoms with Crippen LogP contribution in [0.4, 0.5) is 13.2 Å². The first-order valence-electron chi connectivity index (χ1n) is 16.9. The summed E-state index contributed by atoms with van der Waals surface area (Å²) in [5.41, 5.74) is 2.78. The van der Waals surface area contributed by atoms with Crippen molar-refractivity contribution in [2.75, 3.05) is 37.7 Å². The molecule has 262 valence electrons. The molecule has 1 saturated heterocycles. The van der Waals surface area contributed by atoms with E-state index in [2.05, 4.69) is 29.2 Å². The van der Waals surface area contributed by atoms with Gasteiger partial charge in [0.15, 0.2) is 0 Å². The Kier molecular flexibility index (Phi) is 11.8. The number of carbonyl (C=O) groups is 1. The molecule has 1 unspecified atom stereocenters. The van der Waals surface area contributed by atoms with Crippen molar-refractivity contribution >= 4 is 40.2 Å². The van der Waals surface area contributed by atoms with Gasteiger partial charge in [-0.25, -0.2) is 0 Å². The van der Waals surface area contributed by atoms with Crippen LogP contribution in [-0.4, -0.2) is 64.1 Å². The lowest BCUT2D eigenvalue weighted by Gasteiger charge is -2.30. The smallest absolute Gasteiger partial charge is 0.417 e. The van der Waals surface area contributed by atoms with Gasteiger partial charge in [-0.1, -0.05) is 90.5 Å². The average Bonchev–Trinajstić information content (AvgIpc) is 3.54. The molecular formula is C40H41ClF3N3O2S. The van der Waals surface area contributed by atoms with Crippen molar-refractivity contribution in [1.82, 2.24) is 14.4 Å². The Bertz CT molecular complexity index is 1820. The highest BCUT2D eigenvalue weighted by Gasteiger charge is 2.34. The third-order valence-electron chi connectivity index (χ3n) is 9.25. The highest BCUT2D eigenvalue weighted by atomic mass is 35.5. The lowest BCUT2D eigenvalue weighted by molar-refractivity contribution is -0.137. The van der Waals surface area contributed by atoms with Crippen LogP contribution in [0.5, 0.6) is 5.75 Å². The van der Waals surface area contributed by atoms with Gasteiger partial charge in [-0.15, -0.1) is 0 Å². The number of alkyl halides is 3. The summed E-state index contributed by atoms with van der Waals surface area (Å²) in [6.07, 6.45) is -2.19. The van der Waals surface area contributed by atoms with E-state index in [4.69, 9.17) is 16.3 Å². The van der Waals surface area contributed by atoms with Gasteiger partial charge in [-0.05, 0) is 54.3 Å². The standard InChI is InChI=1S/C40H41ClF3N3O2S/c1-29(49-37-17-9-16-36-33(37)19-21-47(36)28-38(48)46-22-24-50-25-23-46)18-20-45(26-32-14-8-15-35(39(32)41)40(42,43)44)27-34(30-10-4-2-5-11-30)31-12-6-3-7-13-31/h2-17,19,21,29,34H,18,20,22-28H2,1H3. The SMILES string of the molecule is CC(CCN(Cc1cccc(C(F)(F)F)c1Cl)CC(c1ccccc1)c1ccccc1)Oc1cccc2c1ccn2CC(=O)N1CCSCC1. The summed E-state index contributed by atoms with van der Waals surface area (Å²) in [6.45, 7) is 5.22. The molecule has 0 N–H and O–H groups in total. The van der Waals surface area contributed by atoms with E-state index >= 15 is 0 Å². The number of carbonyl (C=O) groups excluding carboxylic acids is 1. The van der Waals surface area contributed by atoms with Gasteiger partial charge < -0.3 is 14.2 Å². The van der Waals surface area contributed by atoms with Crippen LogP contribution in [0, 0.1) is 0 Å². The highest BCUT2D eigenvalue weighted by molar-refractivity contribution is 7.99. The van der Waals surface area contributed by atoms with E-state index in [1.807, 2.05) is 95.0 Å². The molecule has 0 bridgehead atoms. The average molecular weight is 720 g/mol. The molecule has 0 radical (unpaired) electrons. The minimum Gasteiger partial charge on any atom is -0.490 e. The van der Waals surface area contributed by atoms with Crippen LogP contribution < -0.4 is 4.74 Å². The summed E-state index contributed by atoms with van der Waals surface area (Å²) < 4.78 is 49.9. The molecule has 1 atom stereocenters. The summed E-state index contributed by atoms with van der Waals surface area (Å²) in [5, 5.41) is 0.668. The molecular weight excluding hydrogens is 679 g/mol. The van der Waals surface area contributed by atoms with Gasteiger partial charge in [-0.3, -0.25) is 9.69 Å². The molecule has 1 aliphatic rings. The van der Waals surface area contributed by atoms with Crippen molar-refractivity contribution < 1.29 is 22.7 Å². The van der Waals surface area contributed by atoms with Crippen molar-refractivity contribution in [3.63, 3.8) is 0 Å². The summed E-state index contributed by atoms with van der Waals surface area (Å²) in [5.74, 6) is 2.77. The number of rotatable bonds is 13. The fraction of sp³-hybridized carbons (Fsp3) is 0.325. The van der Waals surface area contributed by atoms with Gasteiger partial charge in [0.1, 0.15) is 12.3 Å². The largest absolute Gasteiger partial charge is 0.490 e. The summed E-state index contributed by atoms with van der Waals surface area (Å²) in [6, 6.07) is 32.3. The minimum absolute atomic E-state index is 0.0156. The molecule has 50 heavy (non-hydrogen) atoms. The van der Waals surface area contributed by atoms with Gasteiger partial charge in [0, 0.05) is 61.7 Å². The Hall–Kier alpha value is -3.92. The number of ether oxygens (including phenoxy) is 1. The first-order chi connectivity index (χ1) is 24.2. The lowest BCUT2D eigenvalue weighted by Crippen LogP contribution is -2.39. The van der Waals surface area contributed by atoms with E-state index in [0.717, 1.165) is 58.4 Å². The van der Waals surface area contributed by atoms with Crippen molar-refractivity contribution in [2.24, 2.45) is 0 Å². The quantitative estimate of drug-likeness (QED) is 0.122. The second-order valence-electron chi connectivity index (χ2n) is 12.7. The Morgan fingerprint density at radius 2 is 1.56 bits per heavy atom. The van der Waals surface area contributed by atoms with Crippen LogP contribution in [-0.2, 0) is 24.1 Å². The molecule has 1 amide bonds. The van der Waals surface area contributed by atoms with Crippen molar-refractivity contribution in [2.45, 2.75) is 44.6 Å². The van der Waals surface area contributed by atoms with E-state index in [9.17, 15) is 18.0 Å². The summed E-state index contributed by atoms with van der Waals surface area (Å²) in [7, 11) is 0. The van der Waals surface area contributed by atoms with Crippen LogP contribution in [0.2, 0.25) is 5.02 Å². The first-order valence-corrected chi connectivity index (χ1v) is 18.5. The fourth-order valence-electron chi connectivity index (χ4n) is 6.56. The molecule has 0 saturated carbocycles. The summed E-state index contributed by atoms with van der Waals surface area (Å²) in [4.78, 5) is 17.1. The van der Waals surface area contributed by atoms with Crippen LogP contribution in [0.3, 0.4) is 0 Å². The number of amides is 1. The number of hydrogen-bond donors (Lipinski definition) is 0. The molecule has 1 aromatic heterocycles. The molecule has 0 spiro atoms. The third kappa shape index (κ3) is 8.86.